The van der Waals surface area contributed by atoms with Crippen molar-refractivity contribution in [2.75, 3.05) is 0 Å². The van der Waals surface area contributed by atoms with Gasteiger partial charge in [0.1, 0.15) is 0 Å². The van der Waals surface area contributed by atoms with Crippen molar-refractivity contribution in [3.63, 3.8) is 0 Å². The van der Waals surface area contributed by atoms with Crippen molar-refractivity contribution in [3.8, 4) is 22.5 Å². The molecule has 54 heavy (non-hydrogen) atoms. The summed E-state index contributed by atoms with van der Waals surface area (Å²) in [5, 5.41) is 10.4. The number of benzene rings is 8. The zero-order valence-electron chi connectivity index (χ0n) is 29.9. The lowest BCUT2D eigenvalue weighted by Crippen LogP contribution is -2.14. The van der Waals surface area contributed by atoms with Crippen LogP contribution < -0.4 is 0 Å². The van der Waals surface area contributed by atoms with Crippen molar-refractivity contribution in [2.45, 2.75) is 19.3 Å². The molecule has 3 nitrogen and oxygen atoms in total. The summed E-state index contributed by atoms with van der Waals surface area (Å²) in [5.41, 5.74) is 16.5. The summed E-state index contributed by atoms with van der Waals surface area (Å²) in [5.74, 6) is 0. The summed E-state index contributed by atoms with van der Waals surface area (Å²) in [6, 6.07) is 60.9. The number of fused-ring (bicyclic) bond motifs is 18. The van der Waals surface area contributed by atoms with Crippen LogP contribution in [0.25, 0.3) is 104 Å². The number of hydrogen-bond acceptors (Lipinski definition) is 0. The molecule has 1 aliphatic rings. The monoisotopic (exact) mass is 687 g/mol. The minimum Gasteiger partial charge on any atom is -0.309 e. The third-order valence-electron chi connectivity index (χ3n) is 12.7. The first-order valence-electron chi connectivity index (χ1n) is 19.0. The molecule has 0 saturated carbocycles. The van der Waals surface area contributed by atoms with Gasteiger partial charge in [-0.3, -0.25) is 0 Å². The molecule has 12 aromatic rings. The molecule has 0 unspecified atom stereocenters. The van der Waals surface area contributed by atoms with Crippen LogP contribution in [-0.4, -0.2) is 13.5 Å². The molecule has 0 N–H and O–H groups in total. The third kappa shape index (κ3) is 3.27. The largest absolute Gasteiger partial charge is 0.309 e. The highest BCUT2D eigenvalue weighted by Gasteiger charge is 2.39. The number of para-hydroxylation sites is 4. The van der Waals surface area contributed by atoms with Gasteiger partial charge in [-0.1, -0.05) is 123 Å². The van der Waals surface area contributed by atoms with Gasteiger partial charge in [0.05, 0.1) is 38.6 Å². The summed E-state index contributed by atoms with van der Waals surface area (Å²) in [6.45, 7) is 4.84. The smallest absolute Gasteiger partial charge is 0.0641 e. The zero-order chi connectivity index (χ0) is 35.4. The fourth-order valence-corrected chi connectivity index (χ4v) is 10.5. The molecule has 0 atom stereocenters. The lowest BCUT2D eigenvalue weighted by atomic mass is 9.81. The van der Waals surface area contributed by atoms with Crippen molar-refractivity contribution in [2.24, 2.45) is 0 Å². The number of nitrogens with zero attached hydrogens (tertiary/aromatic N) is 3. The molecule has 4 heterocycles. The molecule has 0 radical (unpaired) electrons. The van der Waals surface area contributed by atoms with Gasteiger partial charge in [0.15, 0.2) is 0 Å². The minimum atomic E-state index is -0.173. The van der Waals surface area contributed by atoms with Crippen molar-refractivity contribution in [3.05, 3.63) is 175 Å². The summed E-state index contributed by atoms with van der Waals surface area (Å²) in [4.78, 5) is 0. The Morgan fingerprint density at radius 1 is 0.370 bits per heavy atom. The normalized spacial score (nSPS) is 13.9. The standard InChI is InChI=1S/C51H33N3/c1-51(2)38-22-12-9-21-36(38)44-39(51)29-37-45-42(27-25-34-32-19-10-13-23-40(32)52(48(34)45)30-15-5-3-6-16-30)54-43-28-26-35-33-20-11-14-24-41(33)53(31-17-7-4-8-18-31)49(35)46(43)47(44)50(37)54/h3-29H,1-2H3. The molecule has 0 fully saturated rings. The van der Waals surface area contributed by atoms with Crippen molar-refractivity contribution < 1.29 is 0 Å². The predicted molar refractivity (Wildman–Crippen MR) is 227 cm³/mol. The Kier molecular flexibility index (Phi) is 5.19. The van der Waals surface area contributed by atoms with Crippen LogP contribution >= 0.6 is 0 Å². The molecule has 13 rings (SSSR count). The topological polar surface area (TPSA) is 14.3 Å². The van der Waals surface area contributed by atoms with E-state index in [-0.39, 0.29) is 5.41 Å². The van der Waals surface area contributed by atoms with Crippen LogP contribution in [0.15, 0.2) is 164 Å². The van der Waals surface area contributed by atoms with E-state index in [0.29, 0.717) is 0 Å². The first-order valence-corrected chi connectivity index (χ1v) is 19.0. The maximum absolute atomic E-state index is 2.60. The minimum absolute atomic E-state index is 0.173. The molecule has 8 aromatic carbocycles. The second-order valence-corrected chi connectivity index (χ2v) is 15.7. The van der Waals surface area contributed by atoms with E-state index in [2.05, 4.69) is 191 Å². The van der Waals surface area contributed by atoms with E-state index < -0.39 is 0 Å². The fraction of sp³-hybridized carbons (Fsp3) is 0.0588. The maximum Gasteiger partial charge on any atom is 0.0641 e. The molecule has 252 valence electrons. The molecule has 0 aliphatic heterocycles. The molecule has 3 heteroatoms. The highest BCUT2D eigenvalue weighted by atomic mass is 15.0. The van der Waals surface area contributed by atoms with E-state index >= 15 is 0 Å². The van der Waals surface area contributed by atoms with Crippen LogP contribution in [0.1, 0.15) is 25.0 Å². The van der Waals surface area contributed by atoms with Crippen molar-refractivity contribution in [1.82, 2.24) is 13.5 Å². The Hall–Kier alpha value is -6.84. The van der Waals surface area contributed by atoms with Gasteiger partial charge in [-0.25, -0.2) is 0 Å². The third-order valence-corrected chi connectivity index (χ3v) is 12.7. The lowest BCUT2D eigenvalue weighted by Gasteiger charge is -2.21. The van der Waals surface area contributed by atoms with Gasteiger partial charge < -0.3 is 13.5 Å². The lowest BCUT2D eigenvalue weighted by molar-refractivity contribution is 0.661. The molecular weight excluding hydrogens is 655 g/mol. The Labute approximate surface area is 310 Å². The van der Waals surface area contributed by atoms with Gasteiger partial charge in [-0.2, -0.15) is 0 Å². The van der Waals surface area contributed by atoms with Crippen LogP contribution in [0.4, 0.5) is 0 Å². The molecule has 0 spiro atoms. The summed E-state index contributed by atoms with van der Waals surface area (Å²) in [6.07, 6.45) is 0. The van der Waals surface area contributed by atoms with Crippen LogP contribution in [0.5, 0.6) is 0 Å². The van der Waals surface area contributed by atoms with Crippen LogP contribution in [0, 0.1) is 0 Å². The first kappa shape index (κ1) is 28.7. The second kappa shape index (κ2) is 9.77. The fourth-order valence-electron chi connectivity index (χ4n) is 10.5. The Morgan fingerprint density at radius 2 is 0.889 bits per heavy atom. The van der Waals surface area contributed by atoms with Gasteiger partial charge in [-0.05, 0) is 76.9 Å². The van der Waals surface area contributed by atoms with E-state index in [4.69, 9.17) is 0 Å². The molecular formula is C51H33N3. The highest BCUT2D eigenvalue weighted by molar-refractivity contribution is 6.37. The van der Waals surface area contributed by atoms with Gasteiger partial charge in [0.25, 0.3) is 0 Å². The summed E-state index contributed by atoms with van der Waals surface area (Å²) < 4.78 is 7.62. The number of rotatable bonds is 2. The van der Waals surface area contributed by atoms with E-state index in [9.17, 15) is 0 Å². The maximum atomic E-state index is 2.60. The van der Waals surface area contributed by atoms with E-state index in [1.54, 1.807) is 0 Å². The second-order valence-electron chi connectivity index (χ2n) is 15.7. The van der Waals surface area contributed by atoms with E-state index in [0.717, 1.165) is 0 Å². The van der Waals surface area contributed by atoms with Crippen LogP contribution in [0.3, 0.4) is 0 Å². The Morgan fingerprint density at radius 3 is 1.52 bits per heavy atom. The average molecular weight is 688 g/mol. The Bertz CT molecular complexity index is 3560. The number of hydrogen-bond donors (Lipinski definition) is 0. The average Bonchev–Trinajstić information content (AvgIpc) is 3.99. The van der Waals surface area contributed by atoms with Crippen molar-refractivity contribution >= 4 is 81.7 Å². The summed E-state index contributed by atoms with van der Waals surface area (Å²) in [7, 11) is 0. The Balaban J connectivity index is 1.35. The molecule has 0 saturated heterocycles. The predicted octanol–water partition coefficient (Wildman–Crippen LogP) is 13.3. The quantitative estimate of drug-likeness (QED) is 0.172. The van der Waals surface area contributed by atoms with Crippen LogP contribution in [0.2, 0.25) is 0 Å². The van der Waals surface area contributed by atoms with E-state index in [1.807, 2.05) is 0 Å². The van der Waals surface area contributed by atoms with Gasteiger partial charge in [0.2, 0.25) is 0 Å². The van der Waals surface area contributed by atoms with E-state index in [1.165, 1.54) is 115 Å². The molecule has 1 aliphatic carbocycles. The molecule has 0 amide bonds. The zero-order valence-corrected chi connectivity index (χ0v) is 29.9. The first-order chi connectivity index (χ1) is 26.6. The van der Waals surface area contributed by atoms with Gasteiger partial charge >= 0.3 is 0 Å². The summed E-state index contributed by atoms with van der Waals surface area (Å²) >= 11 is 0. The molecule has 4 aromatic heterocycles. The SMILES string of the molecule is CC1(C)c2ccccc2-c2c1cc1c3c4c(ccc3n3c5ccc6c7ccccc7n(-c7ccccc7)c6c5c2c13)c1ccccc1n4-c1ccccc1. The number of aromatic nitrogens is 3. The molecule has 0 bridgehead atoms. The van der Waals surface area contributed by atoms with Crippen molar-refractivity contribution in [1.29, 1.82) is 0 Å². The van der Waals surface area contributed by atoms with Crippen LogP contribution in [-0.2, 0) is 5.41 Å². The highest BCUT2D eigenvalue weighted by Crippen LogP contribution is 2.57. The van der Waals surface area contributed by atoms with Gasteiger partial charge in [-0.15, -0.1) is 0 Å². The van der Waals surface area contributed by atoms with Gasteiger partial charge in [0, 0.05) is 59.9 Å².